The molecule has 100 valence electrons. The average Bonchev–Trinajstić information content (AvgIpc) is 2.89. The van der Waals surface area contributed by atoms with E-state index >= 15 is 0 Å². The van der Waals surface area contributed by atoms with E-state index in [0.717, 1.165) is 17.7 Å². The fraction of sp³-hybridized carbons (Fsp3) is 0.312. The Bertz CT molecular complexity index is 531. The van der Waals surface area contributed by atoms with Gasteiger partial charge in [0.1, 0.15) is 5.76 Å². The van der Waals surface area contributed by atoms with E-state index in [4.69, 9.17) is 4.42 Å². The van der Waals surface area contributed by atoms with Crippen LogP contribution in [-0.4, -0.2) is 24.4 Å². The first kappa shape index (κ1) is 13.4. The van der Waals surface area contributed by atoms with Gasteiger partial charge in [-0.1, -0.05) is 29.8 Å². The SMILES string of the molecule is Cc1cccc(CC(=O)N(C)CCc2ccco2)c1. The summed E-state index contributed by atoms with van der Waals surface area (Å²) in [5.41, 5.74) is 2.25. The van der Waals surface area contributed by atoms with Gasteiger partial charge in [0.2, 0.25) is 5.91 Å². The molecule has 0 N–H and O–H groups in total. The molecule has 0 atom stereocenters. The summed E-state index contributed by atoms with van der Waals surface area (Å²) in [6.45, 7) is 2.72. The van der Waals surface area contributed by atoms with Crippen molar-refractivity contribution >= 4 is 5.91 Å². The van der Waals surface area contributed by atoms with Gasteiger partial charge in [-0.25, -0.2) is 0 Å². The molecule has 19 heavy (non-hydrogen) atoms. The van der Waals surface area contributed by atoms with E-state index in [0.29, 0.717) is 13.0 Å². The molecule has 0 bridgehead atoms. The normalized spacial score (nSPS) is 10.4. The molecule has 3 heteroatoms. The molecule has 2 aromatic rings. The number of hydrogen-bond donors (Lipinski definition) is 0. The Morgan fingerprint density at radius 3 is 2.79 bits per heavy atom. The van der Waals surface area contributed by atoms with Gasteiger partial charge in [-0.15, -0.1) is 0 Å². The van der Waals surface area contributed by atoms with Crippen LogP contribution in [0.3, 0.4) is 0 Å². The molecule has 3 nitrogen and oxygen atoms in total. The molecule has 0 saturated carbocycles. The van der Waals surface area contributed by atoms with E-state index < -0.39 is 0 Å². The molecule has 0 fully saturated rings. The smallest absolute Gasteiger partial charge is 0.226 e. The van der Waals surface area contributed by atoms with Gasteiger partial charge in [-0.05, 0) is 24.6 Å². The minimum absolute atomic E-state index is 0.136. The number of benzene rings is 1. The van der Waals surface area contributed by atoms with Gasteiger partial charge in [0.25, 0.3) is 0 Å². The number of nitrogens with zero attached hydrogens (tertiary/aromatic N) is 1. The minimum Gasteiger partial charge on any atom is -0.469 e. The highest BCUT2D eigenvalue weighted by atomic mass is 16.3. The van der Waals surface area contributed by atoms with Crippen LogP contribution >= 0.6 is 0 Å². The van der Waals surface area contributed by atoms with E-state index in [1.54, 1.807) is 11.2 Å². The molecular weight excluding hydrogens is 238 g/mol. The van der Waals surface area contributed by atoms with Gasteiger partial charge in [-0.2, -0.15) is 0 Å². The van der Waals surface area contributed by atoms with Crippen LogP contribution in [0.5, 0.6) is 0 Å². The summed E-state index contributed by atoms with van der Waals surface area (Å²) in [5, 5.41) is 0. The molecule has 0 aliphatic rings. The maximum absolute atomic E-state index is 12.1. The van der Waals surface area contributed by atoms with E-state index in [-0.39, 0.29) is 5.91 Å². The Hall–Kier alpha value is -2.03. The van der Waals surface area contributed by atoms with Crippen LogP contribution in [0, 0.1) is 6.92 Å². The first-order chi connectivity index (χ1) is 9.15. The fourth-order valence-electron chi connectivity index (χ4n) is 1.99. The number of furan rings is 1. The van der Waals surface area contributed by atoms with Crippen LogP contribution < -0.4 is 0 Å². The van der Waals surface area contributed by atoms with Crippen molar-refractivity contribution in [1.29, 1.82) is 0 Å². The van der Waals surface area contributed by atoms with Crippen molar-refractivity contribution < 1.29 is 9.21 Å². The molecule has 0 saturated heterocycles. The number of hydrogen-bond acceptors (Lipinski definition) is 2. The number of likely N-dealkylation sites (N-methyl/N-ethyl adjacent to an activating group) is 1. The Balaban J connectivity index is 1.85. The Labute approximate surface area is 113 Å². The maximum Gasteiger partial charge on any atom is 0.226 e. The maximum atomic E-state index is 12.1. The van der Waals surface area contributed by atoms with Gasteiger partial charge in [0.05, 0.1) is 12.7 Å². The summed E-state index contributed by atoms with van der Waals surface area (Å²) in [4.78, 5) is 13.8. The molecule has 0 radical (unpaired) electrons. The molecule has 1 aromatic carbocycles. The first-order valence-electron chi connectivity index (χ1n) is 6.47. The lowest BCUT2D eigenvalue weighted by Crippen LogP contribution is -2.30. The zero-order chi connectivity index (χ0) is 13.7. The van der Waals surface area contributed by atoms with Crippen LogP contribution in [0.25, 0.3) is 0 Å². The van der Waals surface area contributed by atoms with Gasteiger partial charge in [0, 0.05) is 20.0 Å². The molecule has 0 aliphatic heterocycles. The Kier molecular flexibility index (Phi) is 4.39. The monoisotopic (exact) mass is 257 g/mol. The van der Waals surface area contributed by atoms with Crippen molar-refractivity contribution in [2.45, 2.75) is 19.8 Å². The van der Waals surface area contributed by atoms with Crippen molar-refractivity contribution in [2.75, 3.05) is 13.6 Å². The van der Waals surface area contributed by atoms with Crippen molar-refractivity contribution in [2.24, 2.45) is 0 Å². The summed E-state index contributed by atoms with van der Waals surface area (Å²) in [7, 11) is 1.83. The topological polar surface area (TPSA) is 33.5 Å². The highest BCUT2D eigenvalue weighted by molar-refractivity contribution is 5.78. The number of carbonyl (C=O) groups excluding carboxylic acids is 1. The van der Waals surface area contributed by atoms with Crippen molar-refractivity contribution in [1.82, 2.24) is 4.90 Å². The molecule has 0 spiro atoms. The van der Waals surface area contributed by atoms with Crippen molar-refractivity contribution in [3.63, 3.8) is 0 Å². The molecule has 0 unspecified atom stereocenters. The number of carbonyl (C=O) groups is 1. The number of rotatable bonds is 5. The van der Waals surface area contributed by atoms with E-state index in [1.807, 2.05) is 44.3 Å². The van der Waals surface area contributed by atoms with E-state index in [2.05, 4.69) is 6.07 Å². The van der Waals surface area contributed by atoms with Crippen LogP contribution in [0.15, 0.2) is 47.1 Å². The second-order valence-electron chi connectivity index (χ2n) is 4.81. The first-order valence-corrected chi connectivity index (χ1v) is 6.47. The largest absolute Gasteiger partial charge is 0.469 e. The average molecular weight is 257 g/mol. The second-order valence-corrected chi connectivity index (χ2v) is 4.81. The highest BCUT2D eigenvalue weighted by Gasteiger charge is 2.10. The third-order valence-electron chi connectivity index (χ3n) is 3.14. The zero-order valence-electron chi connectivity index (χ0n) is 11.4. The third-order valence-corrected chi connectivity index (χ3v) is 3.14. The molecule has 0 aliphatic carbocycles. The third kappa shape index (κ3) is 3.98. The summed E-state index contributed by atoms with van der Waals surface area (Å²) in [6, 6.07) is 11.9. The van der Waals surface area contributed by atoms with E-state index in [1.165, 1.54) is 5.56 Å². The van der Waals surface area contributed by atoms with Crippen LogP contribution in [0.4, 0.5) is 0 Å². The summed E-state index contributed by atoms with van der Waals surface area (Å²) in [6.07, 6.45) is 2.86. The second kappa shape index (κ2) is 6.23. The molecule has 1 aromatic heterocycles. The highest BCUT2D eigenvalue weighted by Crippen LogP contribution is 2.07. The molecular formula is C16H19NO2. The summed E-state index contributed by atoms with van der Waals surface area (Å²) >= 11 is 0. The Morgan fingerprint density at radius 1 is 1.26 bits per heavy atom. The van der Waals surface area contributed by atoms with Crippen molar-refractivity contribution in [3.05, 3.63) is 59.5 Å². The number of amides is 1. The lowest BCUT2D eigenvalue weighted by molar-refractivity contribution is -0.129. The zero-order valence-corrected chi connectivity index (χ0v) is 11.4. The van der Waals surface area contributed by atoms with E-state index in [9.17, 15) is 4.79 Å². The lowest BCUT2D eigenvalue weighted by atomic mass is 10.1. The number of aryl methyl sites for hydroxylation is 1. The van der Waals surface area contributed by atoms with Gasteiger partial charge >= 0.3 is 0 Å². The van der Waals surface area contributed by atoms with Crippen LogP contribution in [0.2, 0.25) is 0 Å². The van der Waals surface area contributed by atoms with Gasteiger partial charge < -0.3 is 9.32 Å². The molecule has 1 amide bonds. The van der Waals surface area contributed by atoms with Gasteiger partial charge in [-0.3, -0.25) is 4.79 Å². The minimum atomic E-state index is 0.136. The quantitative estimate of drug-likeness (QED) is 0.825. The van der Waals surface area contributed by atoms with Crippen LogP contribution in [0.1, 0.15) is 16.9 Å². The lowest BCUT2D eigenvalue weighted by Gasteiger charge is -2.16. The molecule has 2 rings (SSSR count). The predicted molar refractivity (Wildman–Crippen MR) is 74.9 cm³/mol. The van der Waals surface area contributed by atoms with Crippen molar-refractivity contribution in [3.8, 4) is 0 Å². The predicted octanol–water partition coefficient (Wildman–Crippen LogP) is 2.83. The Morgan fingerprint density at radius 2 is 2.11 bits per heavy atom. The van der Waals surface area contributed by atoms with Gasteiger partial charge in [0.15, 0.2) is 0 Å². The fourth-order valence-corrected chi connectivity index (χ4v) is 1.99. The summed E-state index contributed by atoms with van der Waals surface area (Å²) < 4.78 is 5.26. The molecule has 1 heterocycles. The summed E-state index contributed by atoms with van der Waals surface area (Å²) in [5.74, 6) is 1.05. The standard InChI is InChI=1S/C16H19NO2/c1-13-5-3-6-14(11-13)12-16(18)17(2)9-8-15-7-4-10-19-15/h3-7,10-11H,8-9,12H2,1-2H3. The van der Waals surface area contributed by atoms with Crippen LogP contribution in [-0.2, 0) is 17.6 Å².